The summed E-state index contributed by atoms with van der Waals surface area (Å²) in [6.45, 7) is 3.90. The van der Waals surface area contributed by atoms with Crippen LogP contribution < -0.4 is 5.32 Å². The van der Waals surface area contributed by atoms with Crippen LogP contribution >= 0.6 is 15.9 Å². The van der Waals surface area contributed by atoms with Crippen LogP contribution in [0, 0.1) is 5.92 Å². The van der Waals surface area contributed by atoms with Crippen LogP contribution in [0.3, 0.4) is 0 Å². The van der Waals surface area contributed by atoms with Gasteiger partial charge in [-0.3, -0.25) is 4.79 Å². The molecule has 2 N–H and O–H groups in total. The van der Waals surface area contributed by atoms with Gasteiger partial charge >= 0.3 is 5.97 Å². The van der Waals surface area contributed by atoms with E-state index in [1.54, 1.807) is 0 Å². The van der Waals surface area contributed by atoms with Crippen LogP contribution in [0.25, 0.3) is 0 Å². The molecule has 1 aliphatic rings. The summed E-state index contributed by atoms with van der Waals surface area (Å²) in [6, 6.07) is 6.86. The molecule has 4 nitrogen and oxygen atoms in total. The highest BCUT2D eigenvalue weighted by Crippen LogP contribution is 2.49. The van der Waals surface area contributed by atoms with Crippen LogP contribution in [-0.2, 0) is 15.0 Å². The first-order valence-corrected chi connectivity index (χ1v) is 7.94. The molecule has 0 aromatic heterocycles. The standard InChI is InChI=1S/C16H20BrNO3/c1-10(2)8-13(14(19)20)18-15(21)16(6-7-16)11-4-3-5-12(17)9-11/h3-5,9-10,13H,6-8H2,1-2H3,(H,18,21)(H,19,20)/t13-/m1/s1. The van der Waals surface area contributed by atoms with Crippen LogP contribution in [0.2, 0.25) is 0 Å². The number of carboxylic acids is 1. The van der Waals surface area contributed by atoms with Crippen molar-refractivity contribution in [3.63, 3.8) is 0 Å². The Hall–Kier alpha value is -1.36. The number of carbonyl (C=O) groups is 2. The lowest BCUT2D eigenvalue weighted by Gasteiger charge is -2.21. The van der Waals surface area contributed by atoms with E-state index in [4.69, 9.17) is 0 Å². The van der Waals surface area contributed by atoms with Gasteiger partial charge in [-0.25, -0.2) is 4.79 Å². The monoisotopic (exact) mass is 353 g/mol. The van der Waals surface area contributed by atoms with Crippen molar-refractivity contribution in [3.8, 4) is 0 Å². The Kier molecular flexibility index (Phi) is 4.71. The third kappa shape index (κ3) is 3.64. The van der Waals surface area contributed by atoms with E-state index < -0.39 is 17.4 Å². The van der Waals surface area contributed by atoms with Crippen LogP contribution in [0.5, 0.6) is 0 Å². The minimum absolute atomic E-state index is 0.173. The number of benzene rings is 1. The van der Waals surface area contributed by atoms with Gasteiger partial charge in [0.25, 0.3) is 0 Å². The summed E-state index contributed by atoms with van der Waals surface area (Å²) < 4.78 is 0.927. The van der Waals surface area contributed by atoms with Gasteiger partial charge in [-0.15, -0.1) is 0 Å². The smallest absolute Gasteiger partial charge is 0.326 e. The molecule has 21 heavy (non-hydrogen) atoms. The van der Waals surface area contributed by atoms with Gasteiger partial charge in [0.2, 0.25) is 5.91 Å². The highest BCUT2D eigenvalue weighted by atomic mass is 79.9. The topological polar surface area (TPSA) is 66.4 Å². The Bertz CT molecular complexity index is 552. The maximum atomic E-state index is 12.5. The average molecular weight is 354 g/mol. The average Bonchev–Trinajstić information content (AvgIpc) is 3.18. The molecule has 1 saturated carbocycles. The van der Waals surface area contributed by atoms with Gasteiger partial charge in [-0.05, 0) is 42.9 Å². The van der Waals surface area contributed by atoms with Gasteiger partial charge in [0.05, 0.1) is 5.41 Å². The first kappa shape index (κ1) is 16.0. The number of hydrogen-bond acceptors (Lipinski definition) is 2. The Balaban J connectivity index is 2.14. The molecule has 0 bridgehead atoms. The van der Waals surface area contributed by atoms with Crippen molar-refractivity contribution in [2.75, 3.05) is 0 Å². The molecular weight excluding hydrogens is 334 g/mol. The number of hydrogen-bond donors (Lipinski definition) is 2. The zero-order valence-corrected chi connectivity index (χ0v) is 13.8. The summed E-state index contributed by atoms with van der Waals surface area (Å²) in [6.07, 6.45) is 1.97. The van der Waals surface area contributed by atoms with Gasteiger partial charge in [-0.2, -0.15) is 0 Å². The predicted octanol–water partition coefficient (Wildman–Crippen LogP) is 3.10. The molecule has 1 aromatic rings. The first-order chi connectivity index (χ1) is 9.85. The highest BCUT2D eigenvalue weighted by molar-refractivity contribution is 9.10. The van der Waals surface area contributed by atoms with E-state index in [1.165, 1.54) is 0 Å². The number of carboxylic acid groups (broad SMARTS) is 1. The van der Waals surface area contributed by atoms with Gasteiger partial charge in [0.1, 0.15) is 6.04 Å². The van der Waals surface area contributed by atoms with Gasteiger partial charge < -0.3 is 10.4 Å². The van der Waals surface area contributed by atoms with Crippen LogP contribution in [0.4, 0.5) is 0 Å². The number of amides is 1. The molecule has 0 heterocycles. The highest BCUT2D eigenvalue weighted by Gasteiger charge is 2.52. The molecule has 0 unspecified atom stereocenters. The Morgan fingerprint density at radius 3 is 2.52 bits per heavy atom. The molecule has 1 fully saturated rings. The zero-order valence-electron chi connectivity index (χ0n) is 12.2. The molecule has 5 heteroatoms. The maximum Gasteiger partial charge on any atom is 0.326 e. The van der Waals surface area contributed by atoms with Crippen molar-refractivity contribution >= 4 is 27.8 Å². The molecular formula is C16H20BrNO3. The summed E-state index contributed by atoms with van der Waals surface area (Å²) in [5.74, 6) is -0.928. The van der Waals surface area contributed by atoms with E-state index in [0.717, 1.165) is 22.9 Å². The zero-order chi connectivity index (χ0) is 15.6. The molecule has 2 rings (SSSR count). The summed E-state index contributed by atoms with van der Waals surface area (Å²) >= 11 is 3.41. The fourth-order valence-electron chi connectivity index (χ4n) is 2.55. The molecule has 0 spiro atoms. The minimum Gasteiger partial charge on any atom is -0.480 e. The van der Waals surface area contributed by atoms with Crippen molar-refractivity contribution in [1.29, 1.82) is 0 Å². The lowest BCUT2D eigenvalue weighted by atomic mass is 9.94. The van der Waals surface area contributed by atoms with Crippen molar-refractivity contribution in [2.24, 2.45) is 5.92 Å². The third-order valence-corrected chi connectivity index (χ3v) is 4.37. The SMILES string of the molecule is CC(C)C[C@@H](NC(=O)C1(c2cccc(Br)c2)CC1)C(=O)O. The molecule has 0 saturated heterocycles. The van der Waals surface area contributed by atoms with Crippen LogP contribution in [-0.4, -0.2) is 23.0 Å². The van der Waals surface area contributed by atoms with Crippen molar-refractivity contribution < 1.29 is 14.7 Å². The van der Waals surface area contributed by atoms with Gasteiger partial charge in [-0.1, -0.05) is 41.9 Å². The third-order valence-electron chi connectivity index (χ3n) is 3.87. The summed E-state index contributed by atoms with van der Waals surface area (Å²) in [4.78, 5) is 23.8. The minimum atomic E-state index is -0.970. The number of halogens is 1. The normalized spacial score (nSPS) is 17.3. The second-order valence-electron chi connectivity index (χ2n) is 6.09. The van der Waals surface area contributed by atoms with Gasteiger partial charge in [0.15, 0.2) is 0 Å². The van der Waals surface area contributed by atoms with Gasteiger partial charge in [0, 0.05) is 4.47 Å². The van der Waals surface area contributed by atoms with E-state index >= 15 is 0 Å². The van der Waals surface area contributed by atoms with Crippen molar-refractivity contribution in [1.82, 2.24) is 5.32 Å². The lowest BCUT2D eigenvalue weighted by molar-refractivity contribution is -0.142. The second kappa shape index (κ2) is 6.18. The molecule has 1 aliphatic carbocycles. The van der Waals surface area contributed by atoms with Crippen LogP contribution in [0.15, 0.2) is 28.7 Å². The van der Waals surface area contributed by atoms with E-state index in [9.17, 15) is 14.7 Å². The molecule has 1 atom stereocenters. The quantitative estimate of drug-likeness (QED) is 0.825. The Labute approximate surface area is 133 Å². The molecule has 114 valence electrons. The van der Waals surface area contributed by atoms with E-state index in [0.29, 0.717) is 6.42 Å². The van der Waals surface area contributed by atoms with Crippen molar-refractivity contribution in [3.05, 3.63) is 34.3 Å². The molecule has 0 aliphatic heterocycles. The lowest BCUT2D eigenvalue weighted by Crippen LogP contribution is -2.46. The molecule has 1 amide bonds. The predicted molar refractivity (Wildman–Crippen MR) is 84.1 cm³/mol. The Morgan fingerprint density at radius 2 is 2.05 bits per heavy atom. The summed E-state index contributed by atoms with van der Waals surface area (Å²) in [5, 5.41) is 12.0. The Morgan fingerprint density at radius 1 is 1.38 bits per heavy atom. The summed E-state index contributed by atoms with van der Waals surface area (Å²) in [7, 11) is 0. The fourth-order valence-corrected chi connectivity index (χ4v) is 2.95. The van der Waals surface area contributed by atoms with Crippen LogP contribution in [0.1, 0.15) is 38.7 Å². The largest absolute Gasteiger partial charge is 0.480 e. The number of aliphatic carboxylic acids is 1. The fraction of sp³-hybridized carbons (Fsp3) is 0.500. The van der Waals surface area contributed by atoms with E-state index in [-0.39, 0.29) is 11.8 Å². The maximum absolute atomic E-state index is 12.5. The number of carbonyl (C=O) groups excluding carboxylic acids is 1. The summed E-state index contributed by atoms with van der Waals surface area (Å²) in [5.41, 5.74) is 0.400. The van der Waals surface area contributed by atoms with E-state index in [1.807, 2.05) is 38.1 Å². The van der Waals surface area contributed by atoms with E-state index in [2.05, 4.69) is 21.2 Å². The molecule has 1 aromatic carbocycles. The second-order valence-corrected chi connectivity index (χ2v) is 7.00. The number of rotatable bonds is 6. The number of nitrogens with one attached hydrogen (secondary N) is 1. The van der Waals surface area contributed by atoms with Crippen molar-refractivity contribution in [2.45, 2.75) is 44.6 Å². The molecule has 0 radical (unpaired) electrons. The first-order valence-electron chi connectivity index (χ1n) is 7.15.